The maximum Gasteiger partial charge on any atom is 0.319 e. The molecule has 2 atom stereocenters. The van der Waals surface area contributed by atoms with Crippen LogP contribution >= 0.6 is 15.9 Å². The Balaban J connectivity index is 1.58. The SMILES string of the molecule is COc1ncc(-c2cc([C@H]3C[C@@H]3c3ncc(Br)cn3)c3nccn3n2)c(OC)n1. The van der Waals surface area contributed by atoms with E-state index in [-0.39, 0.29) is 17.8 Å². The van der Waals surface area contributed by atoms with Crippen molar-refractivity contribution >= 4 is 21.6 Å². The normalized spacial score (nSPS) is 18.0. The fraction of sp³-hybridized carbons (Fsp3) is 0.263. The third-order valence-electron chi connectivity index (χ3n) is 4.93. The molecule has 1 aliphatic carbocycles. The van der Waals surface area contributed by atoms with Gasteiger partial charge < -0.3 is 9.47 Å². The number of imidazole rings is 1. The molecule has 4 heterocycles. The molecule has 0 spiro atoms. The third kappa shape index (κ3) is 3.19. The highest BCUT2D eigenvalue weighted by Crippen LogP contribution is 2.54. The van der Waals surface area contributed by atoms with Crippen LogP contribution in [0.5, 0.6) is 11.9 Å². The first-order chi connectivity index (χ1) is 14.2. The molecule has 0 saturated heterocycles. The van der Waals surface area contributed by atoms with Gasteiger partial charge in [0.05, 0.1) is 29.9 Å². The van der Waals surface area contributed by atoms with E-state index in [1.165, 1.54) is 7.11 Å². The molecule has 9 nitrogen and oxygen atoms in total. The average molecular weight is 454 g/mol. The molecular weight excluding hydrogens is 438 g/mol. The van der Waals surface area contributed by atoms with Crippen LogP contribution in [0.25, 0.3) is 16.9 Å². The predicted octanol–water partition coefficient (Wildman–Crippen LogP) is 3.03. The Morgan fingerprint density at radius 1 is 1.03 bits per heavy atom. The summed E-state index contributed by atoms with van der Waals surface area (Å²) in [4.78, 5) is 21.9. The molecule has 0 radical (unpaired) electrons. The zero-order valence-electron chi connectivity index (χ0n) is 15.7. The van der Waals surface area contributed by atoms with E-state index in [0.29, 0.717) is 17.1 Å². The average Bonchev–Trinajstić information content (AvgIpc) is 3.41. The van der Waals surface area contributed by atoms with Gasteiger partial charge in [-0.2, -0.15) is 10.1 Å². The fourth-order valence-electron chi connectivity index (χ4n) is 3.46. The Morgan fingerprint density at radius 3 is 2.62 bits per heavy atom. The molecule has 1 saturated carbocycles. The van der Waals surface area contributed by atoms with Gasteiger partial charge in [-0.15, -0.1) is 0 Å². The monoisotopic (exact) mass is 453 g/mol. The van der Waals surface area contributed by atoms with Crippen LogP contribution in [0.2, 0.25) is 0 Å². The van der Waals surface area contributed by atoms with Gasteiger partial charge in [0.1, 0.15) is 5.82 Å². The van der Waals surface area contributed by atoms with Crippen LogP contribution < -0.4 is 9.47 Å². The van der Waals surface area contributed by atoms with Crippen molar-refractivity contribution in [2.24, 2.45) is 0 Å². The van der Waals surface area contributed by atoms with E-state index in [2.05, 4.69) is 45.9 Å². The summed E-state index contributed by atoms with van der Waals surface area (Å²) < 4.78 is 13.2. The number of rotatable bonds is 5. The van der Waals surface area contributed by atoms with Crippen molar-refractivity contribution in [3.63, 3.8) is 0 Å². The van der Waals surface area contributed by atoms with Crippen molar-refractivity contribution < 1.29 is 9.47 Å². The molecule has 0 amide bonds. The van der Waals surface area contributed by atoms with Gasteiger partial charge in [0, 0.05) is 42.5 Å². The molecule has 4 aromatic heterocycles. The molecule has 29 heavy (non-hydrogen) atoms. The molecule has 10 heteroatoms. The molecule has 0 unspecified atom stereocenters. The van der Waals surface area contributed by atoms with E-state index in [9.17, 15) is 0 Å². The van der Waals surface area contributed by atoms with Crippen molar-refractivity contribution in [2.75, 3.05) is 14.2 Å². The molecule has 1 aliphatic rings. The van der Waals surface area contributed by atoms with Gasteiger partial charge in [-0.25, -0.2) is 24.5 Å². The van der Waals surface area contributed by atoms with Crippen molar-refractivity contribution in [3.05, 3.63) is 52.9 Å². The highest BCUT2D eigenvalue weighted by Gasteiger charge is 2.43. The lowest BCUT2D eigenvalue weighted by atomic mass is 10.1. The first-order valence-electron chi connectivity index (χ1n) is 8.95. The van der Waals surface area contributed by atoms with E-state index in [1.807, 2.05) is 12.3 Å². The van der Waals surface area contributed by atoms with Crippen LogP contribution in [0, 0.1) is 0 Å². The predicted molar refractivity (Wildman–Crippen MR) is 107 cm³/mol. The molecule has 0 bridgehead atoms. The maximum absolute atomic E-state index is 5.43. The van der Waals surface area contributed by atoms with Crippen LogP contribution in [-0.2, 0) is 0 Å². The summed E-state index contributed by atoms with van der Waals surface area (Å²) in [6.45, 7) is 0. The van der Waals surface area contributed by atoms with Gasteiger partial charge in [-0.1, -0.05) is 0 Å². The van der Waals surface area contributed by atoms with E-state index in [1.54, 1.807) is 36.4 Å². The van der Waals surface area contributed by atoms with Gasteiger partial charge in [-0.05, 0) is 34.3 Å². The highest BCUT2D eigenvalue weighted by molar-refractivity contribution is 9.10. The number of fused-ring (bicyclic) bond motifs is 1. The first kappa shape index (κ1) is 17.9. The van der Waals surface area contributed by atoms with E-state index >= 15 is 0 Å². The van der Waals surface area contributed by atoms with Crippen LogP contribution in [-0.4, -0.2) is 48.8 Å². The summed E-state index contributed by atoms with van der Waals surface area (Å²) in [5.74, 6) is 1.77. The number of methoxy groups -OCH3 is 2. The van der Waals surface area contributed by atoms with Gasteiger partial charge in [0.2, 0.25) is 5.88 Å². The summed E-state index contributed by atoms with van der Waals surface area (Å²) in [7, 11) is 3.07. The van der Waals surface area contributed by atoms with Crippen molar-refractivity contribution in [2.45, 2.75) is 18.3 Å². The minimum atomic E-state index is 0.240. The van der Waals surface area contributed by atoms with Gasteiger partial charge in [0.25, 0.3) is 0 Å². The second-order valence-electron chi connectivity index (χ2n) is 6.67. The Kier molecular flexibility index (Phi) is 4.35. The van der Waals surface area contributed by atoms with Crippen molar-refractivity contribution in [3.8, 4) is 23.1 Å². The summed E-state index contributed by atoms with van der Waals surface area (Å²) >= 11 is 3.38. The van der Waals surface area contributed by atoms with Gasteiger partial charge >= 0.3 is 6.01 Å². The van der Waals surface area contributed by atoms with Crippen LogP contribution in [0.15, 0.2) is 41.5 Å². The lowest BCUT2D eigenvalue weighted by molar-refractivity contribution is 0.353. The number of ether oxygens (including phenoxy) is 2. The molecule has 4 aromatic rings. The van der Waals surface area contributed by atoms with Crippen LogP contribution in [0.1, 0.15) is 29.6 Å². The Morgan fingerprint density at radius 2 is 1.86 bits per heavy atom. The third-order valence-corrected chi connectivity index (χ3v) is 5.34. The topological polar surface area (TPSA) is 100 Å². The summed E-state index contributed by atoms with van der Waals surface area (Å²) in [5.41, 5.74) is 3.30. The summed E-state index contributed by atoms with van der Waals surface area (Å²) in [6, 6.07) is 2.27. The van der Waals surface area contributed by atoms with Crippen LogP contribution in [0.4, 0.5) is 0 Å². The fourth-order valence-corrected chi connectivity index (χ4v) is 3.67. The molecular formula is C19H16BrN7O2. The van der Waals surface area contributed by atoms with Crippen molar-refractivity contribution in [1.82, 2.24) is 34.5 Å². The molecule has 0 aromatic carbocycles. The second kappa shape index (κ2) is 7.03. The Hall–Kier alpha value is -3.14. The van der Waals surface area contributed by atoms with E-state index in [0.717, 1.165) is 27.9 Å². The van der Waals surface area contributed by atoms with E-state index < -0.39 is 0 Å². The molecule has 0 aliphatic heterocycles. The minimum Gasteiger partial charge on any atom is -0.480 e. The van der Waals surface area contributed by atoms with E-state index in [4.69, 9.17) is 9.47 Å². The summed E-state index contributed by atoms with van der Waals surface area (Å²) in [5, 5.41) is 4.67. The van der Waals surface area contributed by atoms with Crippen molar-refractivity contribution in [1.29, 1.82) is 0 Å². The minimum absolute atomic E-state index is 0.240. The second-order valence-corrected chi connectivity index (χ2v) is 7.58. The Labute approximate surface area is 174 Å². The molecule has 5 rings (SSSR count). The zero-order valence-corrected chi connectivity index (χ0v) is 17.2. The largest absolute Gasteiger partial charge is 0.480 e. The number of aromatic nitrogens is 7. The smallest absolute Gasteiger partial charge is 0.319 e. The lowest BCUT2D eigenvalue weighted by Gasteiger charge is -2.10. The maximum atomic E-state index is 5.43. The van der Waals surface area contributed by atoms with Gasteiger partial charge in [0.15, 0.2) is 5.65 Å². The standard InChI is InChI=1S/C19H16BrN7O2/c1-28-18-14(9-24-19(25-18)29-2)15-6-13(17-21-3-4-27(17)26-15)11-5-12(11)16-22-7-10(20)8-23-16/h3-4,6-9,11-12H,5H2,1-2H3/t11-,12-/m0/s1. The lowest BCUT2D eigenvalue weighted by Crippen LogP contribution is -2.03. The molecule has 146 valence electrons. The number of hydrogen-bond acceptors (Lipinski definition) is 8. The number of hydrogen-bond donors (Lipinski definition) is 0. The first-order valence-corrected chi connectivity index (χ1v) is 9.74. The Bertz CT molecular complexity index is 1200. The quantitative estimate of drug-likeness (QED) is 0.454. The molecule has 0 N–H and O–H groups in total. The number of nitrogens with zero attached hydrogens (tertiary/aromatic N) is 7. The highest BCUT2D eigenvalue weighted by atomic mass is 79.9. The zero-order chi connectivity index (χ0) is 20.0. The van der Waals surface area contributed by atoms with Crippen LogP contribution in [0.3, 0.4) is 0 Å². The summed E-state index contributed by atoms with van der Waals surface area (Å²) in [6.07, 6.45) is 9.74. The van der Waals surface area contributed by atoms with Gasteiger partial charge in [-0.3, -0.25) is 0 Å². The molecule has 1 fully saturated rings. The number of halogens is 1.